The first-order chi connectivity index (χ1) is 10.7. The van der Waals surface area contributed by atoms with Crippen LogP contribution in [0.25, 0.3) is 0 Å². The predicted molar refractivity (Wildman–Crippen MR) is 85.5 cm³/mol. The summed E-state index contributed by atoms with van der Waals surface area (Å²) in [5.74, 6) is 0.555. The average Bonchev–Trinajstić information content (AvgIpc) is 2.54. The first kappa shape index (κ1) is 16.8. The molecule has 2 rings (SSSR count). The van der Waals surface area contributed by atoms with Gasteiger partial charge in [-0.3, -0.25) is 4.90 Å². The SMILES string of the molecule is CCC1CC(NC(=O)OCc2ccccc2)CN(CCO)C1. The molecule has 22 heavy (non-hydrogen) atoms. The molecule has 0 aromatic heterocycles. The molecule has 1 aromatic rings. The van der Waals surface area contributed by atoms with E-state index in [-0.39, 0.29) is 25.3 Å². The Balaban J connectivity index is 1.79. The number of aliphatic hydroxyl groups is 1. The second-order valence-corrected chi connectivity index (χ2v) is 5.90. The van der Waals surface area contributed by atoms with Crippen molar-refractivity contribution < 1.29 is 14.6 Å². The van der Waals surface area contributed by atoms with Crippen molar-refractivity contribution in [2.45, 2.75) is 32.4 Å². The fraction of sp³-hybridized carbons (Fsp3) is 0.588. The number of amides is 1. The summed E-state index contributed by atoms with van der Waals surface area (Å²) in [5, 5.41) is 12.1. The second kappa shape index (κ2) is 8.76. The molecule has 1 fully saturated rings. The molecule has 0 aliphatic carbocycles. The Bertz CT molecular complexity index is 452. The number of hydrogen-bond donors (Lipinski definition) is 2. The van der Waals surface area contributed by atoms with Gasteiger partial charge in [-0.15, -0.1) is 0 Å². The van der Waals surface area contributed by atoms with Gasteiger partial charge in [0.05, 0.1) is 6.61 Å². The van der Waals surface area contributed by atoms with Crippen LogP contribution in [-0.2, 0) is 11.3 Å². The van der Waals surface area contributed by atoms with E-state index in [1.807, 2.05) is 30.3 Å². The first-order valence-corrected chi connectivity index (χ1v) is 8.01. The van der Waals surface area contributed by atoms with Gasteiger partial charge in [0.2, 0.25) is 0 Å². The number of ether oxygens (including phenoxy) is 1. The van der Waals surface area contributed by atoms with Gasteiger partial charge >= 0.3 is 6.09 Å². The van der Waals surface area contributed by atoms with Crippen LogP contribution in [0.5, 0.6) is 0 Å². The van der Waals surface area contributed by atoms with Gasteiger partial charge < -0.3 is 15.2 Å². The van der Waals surface area contributed by atoms with Gasteiger partial charge in [0.15, 0.2) is 0 Å². The van der Waals surface area contributed by atoms with E-state index >= 15 is 0 Å². The molecule has 1 aromatic carbocycles. The number of benzene rings is 1. The van der Waals surface area contributed by atoms with E-state index in [0.717, 1.165) is 31.5 Å². The van der Waals surface area contributed by atoms with Gasteiger partial charge in [-0.25, -0.2) is 4.79 Å². The molecule has 0 bridgehead atoms. The molecular formula is C17H26N2O3. The number of aliphatic hydroxyl groups excluding tert-OH is 1. The van der Waals surface area contributed by atoms with Gasteiger partial charge in [-0.05, 0) is 17.9 Å². The van der Waals surface area contributed by atoms with Crippen LogP contribution in [0.2, 0.25) is 0 Å². The molecular weight excluding hydrogens is 280 g/mol. The van der Waals surface area contributed by atoms with Crippen molar-refractivity contribution in [3.05, 3.63) is 35.9 Å². The maximum atomic E-state index is 11.9. The topological polar surface area (TPSA) is 61.8 Å². The molecule has 2 atom stereocenters. The minimum atomic E-state index is -0.366. The lowest BCUT2D eigenvalue weighted by molar-refractivity contribution is 0.0987. The van der Waals surface area contributed by atoms with E-state index in [9.17, 15) is 4.79 Å². The van der Waals surface area contributed by atoms with E-state index in [4.69, 9.17) is 9.84 Å². The van der Waals surface area contributed by atoms with Crippen molar-refractivity contribution in [2.75, 3.05) is 26.2 Å². The third-order valence-corrected chi connectivity index (χ3v) is 4.14. The normalized spacial score (nSPS) is 22.3. The van der Waals surface area contributed by atoms with Crippen LogP contribution in [-0.4, -0.2) is 48.4 Å². The van der Waals surface area contributed by atoms with E-state index in [1.54, 1.807) is 0 Å². The van der Waals surface area contributed by atoms with Gasteiger partial charge in [0.25, 0.3) is 0 Å². The van der Waals surface area contributed by atoms with Crippen molar-refractivity contribution in [3.63, 3.8) is 0 Å². The van der Waals surface area contributed by atoms with Gasteiger partial charge in [0, 0.05) is 25.7 Å². The fourth-order valence-electron chi connectivity index (χ4n) is 2.96. The van der Waals surface area contributed by atoms with Crippen molar-refractivity contribution in [3.8, 4) is 0 Å². The van der Waals surface area contributed by atoms with Gasteiger partial charge in [-0.1, -0.05) is 43.7 Å². The molecule has 5 nitrogen and oxygen atoms in total. The number of nitrogens with one attached hydrogen (secondary N) is 1. The third-order valence-electron chi connectivity index (χ3n) is 4.14. The number of β-amino-alcohol motifs (C(OH)–C–C–N with tert-alkyl or cyclic N) is 1. The lowest BCUT2D eigenvalue weighted by atomic mass is 9.92. The monoisotopic (exact) mass is 306 g/mol. The minimum Gasteiger partial charge on any atom is -0.445 e. The molecule has 122 valence electrons. The standard InChI is InChI=1S/C17H26N2O3/c1-2-14-10-16(12-19(11-14)8-9-20)18-17(21)22-13-15-6-4-3-5-7-15/h3-7,14,16,20H,2,8-13H2,1H3,(H,18,21). The molecule has 0 spiro atoms. The lowest BCUT2D eigenvalue weighted by Crippen LogP contribution is -2.51. The fourth-order valence-corrected chi connectivity index (χ4v) is 2.96. The molecule has 0 saturated carbocycles. The number of hydrogen-bond acceptors (Lipinski definition) is 4. The number of alkyl carbamates (subject to hydrolysis) is 1. The van der Waals surface area contributed by atoms with Crippen LogP contribution >= 0.6 is 0 Å². The zero-order valence-corrected chi connectivity index (χ0v) is 13.2. The van der Waals surface area contributed by atoms with Crippen molar-refractivity contribution >= 4 is 6.09 Å². The quantitative estimate of drug-likeness (QED) is 0.844. The minimum absolute atomic E-state index is 0.0912. The summed E-state index contributed by atoms with van der Waals surface area (Å²) in [5.41, 5.74) is 0.981. The molecule has 1 aliphatic heterocycles. The molecule has 1 amide bonds. The number of carbonyl (C=O) groups excluding carboxylic acids is 1. The summed E-state index contributed by atoms with van der Waals surface area (Å²) >= 11 is 0. The number of rotatable bonds is 6. The van der Waals surface area contributed by atoms with E-state index in [0.29, 0.717) is 12.5 Å². The predicted octanol–water partition coefficient (Wildman–Crippen LogP) is 2.01. The number of likely N-dealkylation sites (tertiary alicyclic amines) is 1. The summed E-state index contributed by atoms with van der Waals surface area (Å²) in [6.07, 6.45) is 1.69. The molecule has 2 unspecified atom stereocenters. The Kier molecular flexibility index (Phi) is 6.68. The molecule has 1 saturated heterocycles. The highest BCUT2D eigenvalue weighted by Crippen LogP contribution is 2.19. The highest BCUT2D eigenvalue weighted by Gasteiger charge is 2.27. The number of piperidine rings is 1. The van der Waals surface area contributed by atoms with Crippen LogP contribution in [0.3, 0.4) is 0 Å². The smallest absolute Gasteiger partial charge is 0.407 e. The van der Waals surface area contributed by atoms with Crippen molar-refractivity contribution in [1.82, 2.24) is 10.2 Å². The van der Waals surface area contributed by atoms with Crippen LogP contribution in [0.15, 0.2) is 30.3 Å². The highest BCUT2D eigenvalue weighted by molar-refractivity contribution is 5.67. The number of carbonyl (C=O) groups is 1. The van der Waals surface area contributed by atoms with Crippen LogP contribution in [0, 0.1) is 5.92 Å². The van der Waals surface area contributed by atoms with Crippen molar-refractivity contribution in [2.24, 2.45) is 5.92 Å². The molecule has 2 N–H and O–H groups in total. The highest BCUT2D eigenvalue weighted by atomic mass is 16.5. The Morgan fingerprint density at radius 3 is 2.82 bits per heavy atom. The lowest BCUT2D eigenvalue weighted by Gasteiger charge is -2.37. The summed E-state index contributed by atoms with van der Waals surface area (Å²) in [7, 11) is 0. The zero-order valence-electron chi connectivity index (χ0n) is 13.2. The maximum absolute atomic E-state index is 11.9. The molecule has 5 heteroatoms. The zero-order chi connectivity index (χ0) is 15.8. The largest absolute Gasteiger partial charge is 0.445 e. The van der Waals surface area contributed by atoms with Crippen LogP contribution in [0.1, 0.15) is 25.3 Å². The van der Waals surface area contributed by atoms with Crippen molar-refractivity contribution in [1.29, 1.82) is 0 Å². The summed E-state index contributed by atoms with van der Waals surface area (Å²) in [4.78, 5) is 14.2. The Morgan fingerprint density at radius 1 is 1.36 bits per heavy atom. The third kappa shape index (κ3) is 5.31. The summed E-state index contributed by atoms with van der Waals surface area (Å²) in [6, 6.07) is 9.75. The first-order valence-electron chi connectivity index (χ1n) is 8.01. The average molecular weight is 306 g/mol. The van der Waals surface area contributed by atoms with E-state index in [2.05, 4.69) is 17.1 Å². The second-order valence-electron chi connectivity index (χ2n) is 5.90. The van der Waals surface area contributed by atoms with Crippen LogP contribution < -0.4 is 5.32 Å². The molecule has 0 radical (unpaired) electrons. The Morgan fingerprint density at radius 2 is 2.14 bits per heavy atom. The number of nitrogens with zero attached hydrogens (tertiary/aromatic N) is 1. The Labute approximate surface area is 132 Å². The van der Waals surface area contributed by atoms with Crippen LogP contribution in [0.4, 0.5) is 4.79 Å². The summed E-state index contributed by atoms with van der Waals surface area (Å²) < 4.78 is 5.28. The Hall–Kier alpha value is -1.59. The van der Waals surface area contributed by atoms with Gasteiger partial charge in [-0.2, -0.15) is 0 Å². The molecule has 1 aliphatic rings. The van der Waals surface area contributed by atoms with E-state index in [1.165, 1.54) is 0 Å². The molecule has 1 heterocycles. The van der Waals surface area contributed by atoms with Gasteiger partial charge in [0.1, 0.15) is 6.61 Å². The van der Waals surface area contributed by atoms with E-state index < -0.39 is 0 Å². The summed E-state index contributed by atoms with van der Waals surface area (Å²) in [6.45, 7) is 5.04. The maximum Gasteiger partial charge on any atom is 0.407 e.